The van der Waals surface area contributed by atoms with Gasteiger partial charge in [0.2, 0.25) is 10.0 Å². The van der Waals surface area contributed by atoms with E-state index in [-0.39, 0.29) is 24.0 Å². The van der Waals surface area contributed by atoms with E-state index in [2.05, 4.69) is 38.7 Å². The van der Waals surface area contributed by atoms with Gasteiger partial charge in [-0.05, 0) is 25.3 Å². The summed E-state index contributed by atoms with van der Waals surface area (Å²) in [5.74, 6) is 1.05. The third-order valence-corrected chi connectivity index (χ3v) is 5.01. The van der Waals surface area contributed by atoms with Crippen LogP contribution in [0, 0.1) is 0 Å². The van der Waals surface area contributed by atoms with Gasteiger partial charge in [-0.3, -0.25) is 4.99 Å². The zero-order chi connectivity index (χ0) is 16.8. The highest BCUT2D eigenvalue weighted by atomic mass is 127. The van der Waals surface area contributed by atoms with Crippen molar-refractivity contribution in [3.8, 4) is 0 Å². The molecular weight excluding hydrogens is 447 g/mol. The molecule has 3 N–H and O–H groups in total. The smallest absolute Gasteiger partial charge is 0.209 e. The molecule has 134 valence electrons. The van der Waals surface area contributed by atoms with Gasteiger partial charge in [0.25, 0.3) is 0 Å². The Hall–Kier alpha value is -0.390. The maximum absolute atomic E-state index is 11.3. The van der Waals surface area contributed by atoms with E-state index in [1.54, 1.807) is 18.4 Å². The minimum Gasteiger partial charge on any atom is -0.356 e. The molecule has 0 spiro atoms. The highest BCUT2D eigenvalue weighted by molar-refractivity contribution is 14.0. The summed E-state index contributed by atoms with van der Waals surface area (Å²) in [7, 11) is -1.54. The molecule has 0 bridgehead atoms. The van der Waals surface area contributed by atoms with Gasteiger partial charge in [0, 0.05) is 36.5 Å². The Morgan fingerprint density at radius 3 is 2.52 bits per heavy atom. The number of aliphatic imine (C=N–C) groups is 1. The van der Waals surface area contributed by atoms with E-state index in [0.29, 0.717) is 18.4 Å². The van der Waals surface area contributed by atoms with E-state index in [9.17, 15) is 8.42 Å². The van der Waals surface area contributed by atoms with E-state index in [4.69, 9.17) is 0 Å². The molecule has 1 heterocycles. The van der Waals surface area contributed by atoms with Crippen LogP contribution in [-0.2, 0) is 10.0 Å². The summed E-state index contributed by atoms with van der Waals surface area (Å²) in [6, 6.07) is 4.16. The van der Waals surface area contributed by atoms with Crippen molar-refractivity contribution in [3.63, 3.8) is 0 Å². The molecule has 0 aliphatic heterocycles. The maximum Gasteiger partial charge on any atom is 0.209 e. The first-order valence-electron chi connectivity index (χ1n) is 7.10. The summed E-state index contributed by atoms with van der Waals surface area (Å²) in [5, 5.41) is 8.48. The van der Waals surface area contributed by atoms with Gasteiger partial charge in [0.15, 0.2) is 5.96 Å². The lowest BCUT2D eigenvalue weighted by molar-refractivity contribution is 0.446. The van der Waals surface area contributed by atoms with E-state index in [1.165, 1.54) is 4.88 Å². The SMILES string of the molecule is CN=C(NCC(C)c1cccs1)NCC(C)(C)NS(C)(=O)=O.I. The van der Waals surface area contributed by atoms with Crippen molar-refractivity contribution < 1.29 is 8.42 Å². The van der Waals surface area contributed by atoms with E-state index in [1.807, 2.05) is 19.9 Å². The number of guanidine groups is 1. The molecule has 0 saturated heterocycles. The summed E-state index contributed by atoms with van der Waals surface area (Å²) in [4.78, 5) is 5.48. The average molecular weight is 474 g/mol. The second-order valence-electron chi connectivity index (χ2n) is 5.98. The van der Waals surface area contributed by atoms with Crippen molar-refractivity contribution in [2.45, 2.75) is 32.2 Å². The van der Waals surface area contributed by atoms with Crippen LogP contribution in [0.2, 0.25) is 0 Å². The van der Waals surface area contributed by atoms with Gasteiger partial charge in [-0.25, -0.2) is 13.1 Å². The molecule has 23 heavy (non-hydrogen) atoms. The number of hydrogen-bond acceptors (Lipinski definition) is 4. The van der Waals surface area contributed by atoms with Gasteiger partial charge >= 0.3 is 0 Å². The molecule has 1 aromatic heterocycles. The third kappa shape index (κ3) is 9.48. The molecule has 0 aromatic carbocycles. The number of halogens is 1. The molecule has 1 rings (SSSR count). The summed E-state index contributed by atoms with van der Waals surface area (Å²) < 4.78 is 25.2. The molecule has 1 atom stereocenters. The fraction of sp³-hybridized carbons (Fsp3) is 0.643. The van der Waals surface area contributed by atoms with Crippen molar-refractivity contribution in [2.75, 3.05) is 26.4 Å². The fourth-order valence-corrected chi connectivity index (χ4v) is 3.85. The van der Waals surface area contributed by atoms with Crippen LogP contribution in [0.5, 0.6) is 0 Å². The van der Waals surface area contributed by atoms with Crippen molar-refractivity contribution in [2.24, 2.45) is 4.99 Å². The molecule has 0 fully saturated rings. The van der Waals surface area contributed by atoms with Crippen LogP contribution in [0.3, 0.4) is 0 Å². The molecule has 6 nitrogen and oxygen atoms in total. The number of thiophene rings is 1. The van der Waals surface area contributed by atoms with Crippen LogP contribution >= 0.6 is 35.3 Å². The van der Waals surface area contributed by atoms with E-state index < -0.39 is 15.6 Å². The van der Waals surface area contributed by atoms with Gasteiger partial charge in [0.05, 0.1) is 6.26 Å². The Morgan fingerprint density at radius 2 is 2.04 bits per heavy atom. The first-order valence-corrected chi connectivity index (χ1v) is 9.87. The predicted molar refractivity (Wildman–Crippen MR) is 110 cm³/mol. The largest absolute Gasteiger partial charge is 0.356 e. The lowest BCUT2D eigenvalue weighted by Gasteiger charge is -2.26. The number of nitrogens with zero attached hydrogens (tertiary/aromatic N) is 1. The summed E-state index contributed by atoms with van der Waals surface area (Å²) >= 11 is 1.74. The lowest BCUT2D eigenvalue weighted by atomic mass is 10.1. The zero-order valence-electron chi connectivity index (χ0n) is 14.2. The molecule has 0 radical (unpaired) electrons. The predicted octanol–water partition coefficient (Wildman–Crippen LogP) is 1.96. The highest BCUT2D eigenvalue weighted by Crippen LogP contribution is 2.19. The second kappa shape index (κ2) is 9.80. The molecule has 9 heteroatoms. The van der Waals surface area contributed by atoms with Crippen LogP contribution in [0.1, 0.15) is 31.6 Å². The van der Waals surface area contributed by atoms with Crippen LogP contribution in [0.25, 0.3) is 0 Å². The molecule has 0 saturated carbocycles. The first kappa shape index (κ1) is 22.6. The molecule has 1 unspecified atom stereocenters. The van der Waals surface area contributed by atoms with Gasteiger partial charge in [-0.15, -0.1) is 35.3 Å². The number of nitrogens with one attached hydrogen (secondary N) is 3. The minimum absolute atomic E-state index is 0. The van der Waals surface area contributed by atoms with Gasteiger partial charge in [-0.2, -0.15) is 0 Å². The maximum atomic E-state index is 11.3. The molecule has 0 amide bonds. The van der Waals surface area contributed by atoms with Crippen molar-refractivity contribution in [1.29, 1.82) is 0 Å². The number of hydrogen-bond donors (Lipinski definition) is 3. The van der Waals surface area contributed by atoms with E-state index >= 15 is 0 Å². The average Bonchev–Trinajstić information content (AvgIpc) is 2.89. The minimum atomic E-state index is -3.24. The van der Waals surface area contributed by atoms with Crippen molar-refractivity contribution in [3.05, 3.63) is 22.4 Å². The van der Waals surface area contributed by atoms with E-state index in [0.717, 1.165) is 12.8 Å². The topological polar surface area (TPSA) is 82.6 Å². The monoisotopic (exact) mass is 474 g/mol. The van der Waals surface area contributed by atoms with Crippen LogP contribution in [-0.4, -0.2) is 46.3 Å². The Labute approximate surface area is 160 Å². The zero-order valence-corrected chi connectivity index (χ0v) is 18.2. The van der Waals surface area contributed by atoms with Crippen LogP contribution in [0.4, 0.5) is 0 Å². The standard InChI is InChI=1S/C14H26N4O2S2.HI/c1-11(12-7-6-8-21-12)9-16-13(15-4)17-10-14(2,3)18-22(5,19)20;/h6-8,11,18H,9-10H2,1-5H3,(H2,15,16,17);1H. The van der Waals surface area contributed by atoms with Crippen LogP contribution < -0.4 is 15.4 Å². The Balaban J connectivity index is 0.00000484. The van der Waals surface area contributed by atoms with Crippen molar-refractivity contribution in [1.82, 2.24) is 15.4 Å². The van der Waals surface area contributed by atoms with Crippen LogP contribution in [0.15, 0.2) is 22.5 Å². The fourth-order valence-electron chi connectivity index (χ4n) is 1.99. The molecule has 0 aliphatic carbocycles. The first-order chi connectivity index (χ1) is 10.1. The van der Waals surface area contributed by atoms with Gasteiger partial charge in [0.1, 0.15) is 0 Å². The summed E-state index contributed by atoms with van der Waals surface area (Å²) in [5.41, 5.74) is -0.593. The molecule has 0 aliphatic rings. The Kier molecular flexibility index (Phi) is 9.63. The number of sulfonamides is 1. The summed E-state index contributed by atoms with van der Waals surface area (Å²) in [6.07, 6.45) is 1.16. The van der Waals surface area contributed by atoms with Crippen molar-refractivity contribution >= 4 is 51.3 Å². The Bertz CT molecular complexity index is 586. The second-order valence-corrected chi connectivity index (χ2v) is 8.71. The normalized spacial score (nSPS) is 14.0. The Morgan fingerprint density at radius 1 is 1.39 bits per heavy atom. The molecule has 1 aromatic rings. The van der Waals surface area contributed by atoms with Gasteiger partial charge < -0.3 is 10.6 Å². The molecular formula is C14H27IN4O2S2. The van der Waals surface area contributed by atoms with Gasteiger partial charge in [-0.1, -0.05) is 13.0 Å². The number of rotatable bonds is 7. The quantitative estimate of drug-likeness (QED) is 0.321. The third-order valence-electron chi connectivity index (χ3n) is 2.99. The lowest BCUT2D eigenvalue weighted by Crippen LogP contribution is -2.53. The summed E-state index contributed by atoms with van der Waals surface area (Å²) in [6.45, 7) is 7.00. The highest BCUT2D eigenvalue weighted by Gasteiger charge is 2.22.